The lowest BCUT2D eigenvalue weighted by Gasteiger charge is -2.23. The lowest BCUT2D eigenvalue weighted by Crippen LogP contribution is -2.10. The highest BCUT2D eigenvalue weighted by Crippen LogP contribution is 2.31. The number of carbonyl (C=O) groups is 1. The molecule has 0 radical (unpaired) electrons. The Kier molecular flexibility index (Phi) is 4.38. The maximum absolute atomic E-state index is 12.5. The van der Waals surface area contributed by atoms with E-state index in [1.54, 1.807) is 6.07 Å². The third-order valence-electron chi connectivity index (χ3n) is 3.27. The number of nitrogens with zero attached hydrogens (tertiary/aromatic N) is 1. The number of hydrogen-bond acceptors (Lipinski definition) is 8. The van der Waals surface area contributed by atoms with Crippen LogP contribution >= 0.6 is 0 Å². The summed E-state index contributed by atoms with van der Waals surface area (Å²) >= 11 is 0. The van der Waals surface area contributed by atoms with Crippen LogP contribution in [0.15, 0.2) is 57.9 Å². The molecule has 0 saturated carbocycles. The smallest absolute Gasteiger partial charge is 0.308 e. The Labute approximate surface area is 141 Å². The SMILES string of the molecule is CC(=O)Oc1ccc2c(=O)c(Oc3ccccc3N([O-])O)coc2c1. The first-order valence-corrected chi connectivity index (χ1v) is 7.12. The molecule has 1 heterocycles. The van der Waals surface area contributed by atoms with Crippen molar-refractivity contribution >= 4 is 22.6 Å². The zero-order valence-electron chi connectivity index (χ0n) is 13.0. The molecule has 1 aromatic heterocycles. The van der Waals surface area contributed by atoms with E-state index in [0.29, 0.717) is 0 Å². The Morgan fingerprint density at radius 1 is 1.20 bits per heavy atom. The Balaban J connectivity index is 2.00. The molecule has 0 spiro atoms. The number of hydrogen-bond donors (Lipinski definition) is 1. The van der Waals surface area contributed by atoms with E-state index in [1.807, 2.05) is 0 Å². The second-order valence-corrected chi connectivity index (χ2v) is 5.02. The average molecular weight is 342 g/mol. The molecule has 0 bridgehead atoms. The molecule has 0 amide bonds. The van der Waals surface area contributed by atoms with Gasteiger partial charge >= 0.3 is 5.97 Å². The summed E-state index contributed by atoms with van der Waals surface area (Å²) in [6.07, 6.45) is 1.07. The van der Waals surface area contributed by atoms with E-state index in [1.165, 1.54) is 43.3 Å². The first-order chi connectivity index (χ1) is 12.0. The van der Waals surface area contributed by atoms with Crippen LogP contribution in [0.5, 0.6) is 17.2 Å². The molecule has 2 aromatic carbocycles. The van der Waals surface area contributed by atoms with Gasteiger partial charge in [-0.15, -0.1) is 0 Å². The van der Waals surface area contributed by atoms with Crippen molar-refractivity contribution in [2.24, 2.45) is 0 Å². The van der Waals surface area contributed by atoms with Gasteiger partial charge in [0.05, 0.1) is 11.1 Å². The summed E-state index contributed by atoms with van der Waals surface area (Å²) in [6.45, 7) is 1.26. The van der Waals surface area contributed by atoms with Gasteiger partial charge in [-0.3, -0.25) is 14.8 Å². The minimum Gasteiger partial charge on any atom is -0.733 e. The molecule has 3 rings (SSSR count). The van der Waals surface area contributed by atoms with Crippen LogP contribution in [-0.4, -0.2) is 11.2 Å². The van der Waals surface area contributed by atoms with Gasteiger partial charge in [0.1, 0.15) is 17.6 Å². The second kappa shape index (κ2) is 6.63. The van der Waals surface area contributed by atoms with Gasteiger partial charge < -0.3 is 24.3 Å². The minimum atomic E-state index is -0.496. The van der Waals surface area contributed by atoms with E-state index >= 15 is 0 Å². The topological polar surface area (TPSA) is 112 Å². The van der Waals surface area contributed by atoms with Gasteiger partial charge in [0.15, 0.2) is 5.75 Å². The normalized spacial score (nSPS) is 10.5. The van der Waals surface area contributed by atoms with Crippen molar-refractivity contribution in [3.05, 3.63) is 64.2 Å². The van der Waals surface area contributed by atoms with E-state index < -0.39 is 11.4 Å². The summed E-state index contributed by atoms with van der Waals surface area (Å²) in [6, 6.07) is 10.2. The van der Waals surface area contributed by atoms with Crippen LogP contribution in [0.25, 0.3) is 11.0 Å². The summed E-state index contributed by atoms with van der Waals surface area (Å²) in [7, 11) is 0. The standard InChI is InChI=1S/C17H12NO7/c1-10(19)24-11-6-7-12-15(8-11)23-9-16(17(12)20)25-14-5-3-2-4-13(14)18(21)22/h2-9,21H,1H3/q-1. The molecule has 8 heteroatoms. The van der Waals surface area contributed by atoms with Crippen LogP contribution < -0.4 is 20.1 Å². The van der Waals surface area contributed by atoms with E-state index in [0.717, 1.165) is 6.26 Å². The van der Waals surface area contributed by atoms with Gasteiger partial charge in [-0.25, -0.2) is 0 Å². The number of anilines is 1. The highest BCUT2D eigenvalue weighted by atomic mass is 16.8. The predicted octanol–water partition coefficient (Wildman–Crippen LogP) is 3.20. The second-order valence-electron chi connectivity index (χ2n) is 5.02. The molecule has 0 aliphatic rings. The van der Waals surface area contributed by atoms with Crippen LogP contribution in [0.1, 0.15) is 6.92 Å². The van der Waals surface area contributed by atoms with Crippen LogP contribution in [0.2, 0.25) is 0 Å². The van der Waals surface area contributed by atoms with Gasteiger partial charge in [-0.05, 0) is 24.3 Å². The maximum atomic E-state index is 12.5. The first kappa shape index (κ1) is 16.5. The molecule has 1 N–H and O–H groups in total. The van der Waals surface area contributed by atoms with Crippen molar-refractivity contribution < 1.29 is 23.9 Å². The molecule has 8 nitrogen and oxygen atoms in total. The lowest BCUT2D eigenvalue weighted by molar-refractivity contribution is -0.131. The molecule has 128 valence electrons. The molecular formula is C17H12NO7-. The molecule has 0 atom stereocenters. The van der Waals surface area contributed by atoms with Crippen molar-refractivity contribution in [2.45, 2.75) is 6.92 Å². The molecule has 25 heavy (non-hydrogen) atoms. The minimum absolute atomic E-state index is 0.0109. The summed E-state index contributed by atoms with van der Waals surface area (Å²) < 4.78 is 15.7. The van der Waals surface area contributed by atoms with E-state index in [9.17, 15) is 14.8 Å². The highest BCUT2D eigenvalue weighted by molar-refractivity contribution is 5.80. The van der Waals surface area contributed by atoms with E-state index in [-0.39, 0.29) is 39.1 Å². The van der Waals surface area contributed by atoms with Gasteiger partial charge in [-0.2, -0.15) is 0 Å². The van der Waals surface area contributed by atoms with Crippen LogP contribution in [-0.2, 0) is 4.79 Å². The zero-order valence-corrected chi connectivity index (χ0v) is 13.0. The molecule has 0 saturated heterocycles. The number of fused-ring (bicyclic) bond motifs is 1. The summed E-state index contributed by atoms with van der Waals surface area (Å²) in [5, 5.41) is 20.1. The molecular weight excluding hydrogens is 330 g/mol. The summed E-state index contributed by atoms with van der Waals surface area (Å²) in [4.78, 5) is 23.5. The number of para-hydroxylation sites is 2. The predicted molar refractivity (Wildman–Crippen MR) is 87.9 cm³/mol. The fourth-order valence-electron chi connectivity index (χ4n) is 2.21. The average Bonchev–Trinajstić information content (AvgIpc) is 2.57. The largest absolute Gasteiger partial charge is 0.733 e. The van der Waals surface area contributed by atoms with Gasteiger partial charge in [0.25, 0.3) is 0 Å². The molecule has 3 aromatic rings. The van der Waals surface area contributed by atoms with E-state index in [4.69, 9.17) is 19.1 Å². The van der Waals surface area contributed by atoms with Gasteiger partial charge in [0.2, 0.25) is 11.2 Å². The Hall–Kier alpha value is -3.36. The summed E-state index contributed by atoms with van der Waals surface area (Å²) in [5.74, 6) is -0.431. The first-order valence-electron chi connectivity index (χ1n) is 7.12. The number of rotatable bonds is 4. The highest BCUT2D eigenvalue weighted by Gasteiger charge is 2.13. The fraction of sp³-hybridized carbons (Fsp3) is 0.0588. The maximum Gasteiger partial charge on any atom is 0.308 e. The Morgan fingerprint density at radius 2 is 1.96 bits per heavy atom. The molecule has 0 unspecified atom stereocenters. The number of esters is 1. The lowest BCUT2D eigenvalue weighted by atomic mass is 10.2. The van der Waals surface area contributed by atoms with Crippen LogP contribution in [0, 0.1) is 5.21 Å². The Morgan fingerprint density at radius 3 is 2.68 bits per heavy atom. The van der Waals surface area contributed by atoms with Crippen molar-refractivity contribution in [1.82, 2.24) is 0 Å². The zero-order chi connectivity index (χ0) is 18.0. The summed E-state index contributed by atoms with van der Waals surface area (Å²) in [5.41, 5.74) is -0.440. The van der Waals surface area contributed by atoms with Crippen LogP contribution in [0.4, 0.5) is 5.69 Å². The number of benzene rings is 2. The van der Waals surface area contributed by atoms with E-state index in [2.05, 4.69) is 0 Å². The van der Waals surface area contributed by atoms with Crippen molar-refractivity contribution in [1.29, 1.82) is 0 Å². The number of ether oxygens (including phenoxy) is 2. The van der Waals surface area contributed by atoms with Crippen LogP contribution in [0.3, 0.4) is 0 Å². The van der Waals surface area contributed by atoms with Gasteiger partial charge in [0, 0.05) is 13.0 Å². The third kappa shape index (κ3) is 3.44. The Bertz CT molecular complexity index is 994. The molecule has 0 aliphatic carbocycles. The monoisotopic (exact) mass is 342 g/mol. The quantitative estimate of drug-likeness (QED) is 0.437. The fourth-order valence-corrected chi connectivity index (χ4v) is 2.21. The molecule has 0 fully saturated rings. The van der Waals surface area contributed by atoms with Crippen molar-refractivity contribution in [3.63, 3.8) is 0 Å². The molecule has 0 aliphatic heterocycles. The van der Waals surface area contributed by atoms with Crippen molar-refractivity contribution in [3.8, 4) is 17.2 Å². The van der Waals surface area contributed by atoms with Gasteiger partial charge in [-0.1, -0.05) is 12.1 Å². The van der Waals surface area contributed by atoms with Crippen molar-refractivity contribution in [2.75, 3.05) is 5.23 Å². The number of carbonyl (C=O) groups excluding carboxylic acids is 1. The third-order valence-corrected chi connectivity index (χ3v) is 3.27.